The average Bonchev–Trinajstić information content (AvgIpc) is 2.75. The molecule has 0 radical (unpaired) electrons. The predicted molar refractivity (Wildman–Crippen MR) is 128 cm³/mol. The van der Waals surface area contributed by atoms with E-state index in [1.54, 1.807) is 7.11 Å². The summed E-state index contributed by atoms with van der Waals surface area (Å²) in [7, 11) is 3.59. The highest BCUT2D eigenvalue weighted by Crippen LogP contribution is 2.29. The van der Waals surface area contributed by atoms with Crippen LogP contribution in [-0.2, 0) is 11.3 Å². The Morgan fingerprint density at radius 1 is 1.06 bits per heavy atom. The molecule has 2 aromatic carbocycles. The molecule has 0 unspecified atom stereocenters. The lowest BCUT2D eigenvalue weighted by atomic mass is 9.84. The van der Waals surface area contributed by atoms with Crippen molar-refractivity contribution in [2.24, 2.45) is 0 Å². The zero-order valence-electron chi connectivity index (χ0n) is 20.2. The maximum atomic E-state index is 12.5. The van der Waals surface area contributed by atoms with Crippen molar-refractivity contribution >= 4 is 6.09 Å². The van der Waals surface area contributed by atoms with E-state index < -0.39 is 17.8 Å². The van der Waals surface area contributed by atoms with Gasteiger partial charge in [0.15, 0.2) is 0 Å². The topological polar surface area (TPSA) is 80.3 Å². The molecule has 1 aliphatic rings. The molecule has 0 saturated heterocycles. The van der Waals surface area contributed by atoms with E-state index in [1.165, 1.54) is 0 Å². The SMILES string of the molecule is COc1ccc(CN(C)[C@@H]2[C@@H](O)[C@H](Oc3ccccc3)CC[C@H]2NC(=O)OC(C)(C)C)cc1. The number of likely N-dealkylation sites (N-methyl/N-ethyl adjacent to an activating group) is 1. The van der Waals surface area contributed by atoms with E-state index in [0.717, 1.165) is 17.1 Å². The summed E-state index contributed by atoms with van der Waals surface area (Å²) in [6, 6.07) is 16.7. The van der Waals surface area contributed by atoms with E-state index in [4.69, 9.17) is 14.2 Å². The number of carbonyl (C=O) groups is 1. The molecule has 0 aliphatic heterocycles. The number of aliphatic hydroxyl groups is 1. The Morgan fingerprint density at radius 3 is 2.33 bits per heavy atom. The summed E-state index contributed by atoms with van der Waals surface area (Å²) in [6.07, 6.45) is -0.394. The zero-order valence-corrected chi connectivity index (χ0v) is 20.2. The molecule has 4 atom stereocenters. The molecule has 1 fully saturated rings. The van der Waals surface area contributed by atoms with Gasteiger partial charge in [-0.1, -0.05) is 30.3 Å². The molecule has 1 aliphatic carbocycles. The third-order valence-electron chi connectivity index (χ3n) is 5.74. The van der Waals surface area contributed by atoms with Crippen LogP contribution in [0.1, 0.15) is 39.2 Å². The van der Waals surface area contributed by atoms with Crippen LogP contribution in [0.4, 0.5) is 4.79 Å². The fourth-order valence-electron chi connectivity index (χ4n) is 4.25. The highest BCUT2D eigenvalue weighted by Gasteiger charge is 2.43. The first-order valence-corrected chi connectivity index (χ1v) is 11.4. The van der Waals surface area contributed by atoms with Crippen molar-refractivity contribution in [1.82, 2.24) is 10.2 Å². The Morgan fingerprint density at radius 2 is 1.73 bits per heavy atom. The molecule has 0 spiro atoms. The largest absolute Gasteiger partial charge is 0.497 e. The fraction of sp³-hybridized carbons (Fsp3) is 0.500. The molecule has 7 nitrogen and oxygen atoms in total. The maximum absolute atomic E-state index is 12.5. The number of methoxy groups -OCH3 is 1. The van der Waals surface area contributed by atoms with Gasteiger partial charge < -0.3 is 24.6 Å². The molecule has 0 heterocycles. The third kappa shape index (κ3) is 7.11. The number of amides is 1. The molecule has 7 heteroatoms. The molecular weight excluding hydrogens is 420 g/mol. The van der Waals surface area contributed by atoms with Gasteiger partial charge in [0.2, 0.25) is 0 Å². The van der Waals surface area contributed by atoms with Gasteiger partial charge in [-0.15, -0.1) is 0 Å². The van der Waals surface area contributed by atoms with Crippen molar-refractivity contribution in [1.29, 1.82) is 0 Å². The fourth-order valence-corrected chi connectivity index (χ4v) is 4.25. The maximum Gasteiger partial charge on any atom is 0.407 e. The Hall–Kier alpha value is -2.77. The number of alkyl carbamates (subject to hydrolysis) is 1. The number of para-hydroxylation sites is 1. The Labute approximate surface area is 196 Å². The minimum atomic E-state index is -0.804. The molecular formula is C26H36N2O5. The van der Waals surface area contributed by atoms with Gasteiger partial charge in [-0.25, -0.2) is 4.79 Å². The van der Waals surface area contributed by atoms with Gasteiger partial charge in [0.1, 0.15) is 29.3 Å². The third-order valence-corrected chi connectivity index (χ3v) is 5.74. The number of aliphatic hydroxyl groups excluding tert-OH is 1. The predicted octanol–water partition coefficient (Wildman–Crippen LogP) is 3.99. The Bertz CT molecular complexity index is 882. The highest BCUT2D eigenvalue weighted by molar-refractivity contribution is 5.68. The zero-order chi connectivity index (χ0) is 24.0. The van der Waals surface area contributed by atoms with Gasteiger partial charge in [-0.05, 0) is 70.5 Å². The first-order valence-electron chi connectivity index (χ1n) is 11.4. The van der Waals surface area contributed by atoms with Crippen LogP contribution in [0.15, 0.2) is 54.6 Å². The number of nitrogens with one attached hydrogen (secondary N) is 1. The van der Waals surface area contributed by atoms with Crippen LogP contribution in [0.25, 0.3) is 0 Å². The summed E-state index contributed by atoms with van der Waals surface area (Å²) in [4.78, 5) is 14.6. The quantitative estimate of drug-likeness (QED) is 0.656. The number of benzene rings is 2. The lowest BCUT2D eigenvalue weighted by Crippen LogP contribution is -2.63. The lowest BCUT2D eigenvalue weighted by Gasteiger charge is -2.44. The number of carbonyl (C=O) groups excluding carboxylic acids is 1. The van der Waals surface area contributed by atoms with E-state index in [-0.39, 0.29) is 18.2 Å². The first kappa shape index (κ1) is 24.9. The summed E-state index contributed by atoms with van der Waals surface area (Å²) >= 11 is 0. The molecule has 1 saturated carbocycles. The monoisotopic (exact) mass is 456 g/mol. The van der Waals surface area contributed by atoms with Gasteiger partial charge >= 0.3 is 6.09 Å². The van der Waals surface area contributed by atoms with Crippen LogP contribution < -0.4 is 14.8 Å². The minimum Gasteiger partial charge on any atom is -0.497 e. The minimum absolute atomic E-state index is 0.284. The Balaban J connectivity index is 1.77. The second kappa shape index (κ2) is 10.9. The van der Waals surface area contributed by atoms with Crippen LogP contribution in [-0.4, -0.2) is 60.1 Å². The highest BCUT2D eigenvalue weighted by atomic mass is 16.6. The van der Waals surface area contributed by atoms with Gasteiger partial charge in [-0.2, -0.15) is 0 Å². The number of ether oxygens (including phenoxy) is 3. The normalized spacial score (nSPS) is 23.1. The summed E-state index contributed by atoms with van der Waals surface area (Å²) in [6.45, 7) is 6.09. The van der Waals surface area contributed by atoms with Gasteiger partial charge in [0.05, 0.1) is 19.2 Å². The van der Waals surface area contributed by atoms with Gasteiger partial charge in [0.25, 0.3) is 0 Å². The smallest absolute Gasteiger partial charge is 0.407 e. The van der Waals surface area contributed by atoms with Crippen molar-refractivity contribution in [2.45, 2.75) is 70.1 Å². The summed E-state index contributed by atoms with van der Waals surface area (Å²) in [5, 5.41) is 14.3. The standard InChI is InChI=1S/C26H36N2O5/c1-26(2,3)33-25(30)27-21-15-16-22(32-20-9-7-6-8-10-20)24(29)23(21)28(4)17-18-11-13-19(31-5)14-12-18/h6-14,21-24,29H,15-17H2,1-5H3,(H,27,30)/t21-,22-,23+,24+/m1/s1. The van der Waals surface area contributed by atoms with Crippen molar-refractivity contribution in [3.63, 3.8) is 0 Å². The lowest BCUT2D eigenvalue weighted by molar-refractivity contribution is -0.0632. The number of nitrogens with zero attached hydrogens (tertiary/aromatic N) is 1. The molecule has 3 rings (SSSR count). The van der Waals surface area contributed by atoms with E-state index >= 15 is 0 Å². The van der Waals surface area contributed by atoms with E-state index in [0.29, 0.717) is 19.4 Å². The van der Waals surface area contributed by atoms with Crippen LogP contribution >= 0.6 is 0 Å². The van der Waals surface area contributed by atoms with Crippen LogP contribution in [0.2, 0.25) is 0 Å². The first-order chi connectivity index (χ1) is 15.7. The van der Waals surface area contributed by atoms with Crippen LogP contribution in [0.5, 0.6) is 11.5 Å². The summed E-state index contributed by atoms with van der Waals surface area (Å²) < 4.78 is 16.8. The second-order valence-corrected chi connectivity index (χ2v) is 9.54. The van der Waals surface area contributed by atoms with E-state index in [9.17, 15) is 9.90 Å². The number of hydrogen-bond donors (Lipinski definition) is 2. The summed E-state index contributed by atoms with van der Waals surface area (Å²) in [5.74, 6) is 1.51. The van der Waals surface area contributed by atoms with Crippen molar-refractivity contribution in [3.05, 3.63) is 60.2 Å². The second-order valence-electron chi connectivity index (χ2n) is 9.54. The number of rotatable bonds is 7. The van der Waals surface area contributed by atoms with Crippen molar-refractivity contribution in [3.8, 4) is 11.5 Å². The van der Waals surface area contributed by atoms with Crippen molar-refractivity contribution in [2.75, 3.05) is 14.2 Å². The van der Waals surface area contributed by atoms with E-state index in [2.05, 4.69) is 10.2 Å². The van der Waals surface area contributed by atoms with Crippen molar-refractivity contribution < 1.29 is 24.1 Å². The Kier molecular flexibility index (Phi) is 8.21. The molecule has 0 bridgehead atoms. The number of hydrogen-bond acceptors (Lipinski definition) is 6. The van der Waals surface area contributed by atoms with Crippen LogP contribution in [0, 0.1) is 0 Å². The van der Waals surface area contributed by atoms with Gasteiger partial charge in [-0.3, -0.25) is 4.90 Å². The summed E-state index contributed by atoms with van der Waals surface area (Å²) in [5.41, 5.74) is 0.480. The molecule has 2 N–H and O–H groups in total. The molecule has 2 aromatic rings. The average molecular weight is 457 g/mol. The molecule has 1 amide bonds. The molecule has 33 heavy (non-hydrogen) atoms. The molecule has 0 aromatic heterocycles. The molecule has 180 valence electrons. The van der Waals surface area contributed by atoms with Crippen LogP contribution in [0.3, 0.4) is 0 Å². The van der Waals surface area contributed by atoms with E-state index in [1.807, 2.05) is 82.4 Å². The van der Waals surface area contributed by atoms with Gasteiger partial charge in [0, 0.05) is 6.54 Å².